The molecule has 0 saturated heterocycles. The average molecular weight is 306 g/mol. The van der Waals surface area contributed by atoms with Gasteiger partial charge in [0.1, 0.15) is 5.25 Å². The molecule has 0 aliphatic rings. The van der Waals surface area contributed by atoms with Gasteiger partial charge in [0.25, 0.3) is 10.1 Å². The van der Waals surface area contributed by atoms with Gasteiger partial charge in [-0.1, -0.05) is 12.0 Å². The summed E-state index contributed by atoms with van der Waals surface area (Å²) >= 11 is -0.0111. The van der Waals surface area contributed by atoms with E-state index < -0.39 is 38.5 Å². The molecule has 12 heteroatoms. The van der Waals surface area contributed by atoms with Crippen molar-refractivity contribution < 1.29 is 47.4 Å². The molecule has 0 aliphatic carbocycles. The first-order chi connectivity index (χ1) is 8.12. The van der Waals surface area contributed by atoms with Crippen molar-refractivity contribution in [2.24, 2.45) is 5.92 Å². The molecule has 3 atom stereocenters. The second-order valence-corrected chi connectivity index (χ2v) is 5.50. The highest BCUT2D eigenvalue weighted by atomic mass is 32.2. The van der Waals surface area contributed by atoms with Crippen LogP contribution >= 0.6 is 12.0 Å². The van der Waals surface area contributed by atoms with Gasteiger partial charge >= 0.3 is 11.9 Å². The third kappa shape index (κ3) is 4.75. The van der Waals surface area contributed by atoms with Crippen LogP contribution in [-0.4, -0.2) is 50.9 Å². The van der Waals surface area contributed by atoms with Gasteiger partial charge in [0, 0.05) is 5.92 Å². The van der Waals surface area contributed by atoms with Gasteiger partial charge in [-0.15, -0.1) is 4.33 Å². The minimum atomic E-state index is -5.00. The summed E-state index contributed by atoms with van der Waals surface area (Å²) in [5.41, 5.74) is 0. The van der Waals surface area contributed by atoms with E-state index in [0.717, 1.165) is 6.92 Å². The fourth-order valence-corrected chi connectivity index (χ4v) is 2.78. The Hall–Kier alpha value is -0.920. The van der Waals surface area contributed by atoms with Crippen LogP contribution in [0.5, 0.6) is 0 Å². The van der Waals surface area contributed by atoms with Crippen LogP contribution in [0.3, 0.4) is 0 Å². The highest BCUT2D eigenvalue weighted by Gasteiger charge is 2.43. The molecular weight excluding hydrogens is 296 g/mol. The largest absolute Gasteiger partial charge is 0.480 e. The lowest BCUT2D eigenvalue weighted by Crippen LogP contribution is -2.43. The first kappa shape index (κ1) is 17.1. The van der Waals surface area contributed by atoms with Crippen molar-refractivity contribution in [2.45, 2.75) is 17.4 Å². The molecule has 0 radical (unpaired) electrons. The Kier molecular flexibility index (Phi) is 6.51. The molecule has 0 rings (SSSR count). The van der Waals surface area contributed by atoms with Gasteiger partial charge < -0.3 is 10.2 Å². The number of carbonyl (C=O) groups is 2. The molecule has 0 aromatic heterocycles. The Bertz CT molecular complexity index is 403. The molecule has 0 aromatic carbocycles. The van der Waals surface area contributed by atoms with E-state index in [0.29, 0.717) is 0 Å². The van der Waals surface area contributed by atoms with Gasteiger partial charge in [-0.05, 0) is 0 Å². The summed E-state index contributed by atoms with van der Waals surface area (Å²) in [5, 5.41) is 24.4. The number of carboxylic acid groups (broad SMARTS) is 2. The third-order valence-electron chi connectivity index (χ3n) is 1.94. The van der Waals surface area contributed by atoms with Crippen LogP contribution < -0.4 is 0 Å². The Labute approximate surface area is 105 Å². The van der Waals surface area contributed by atoms with Crippen LogP contribution in [0.15, 0.2) is 0 Å². The maximum absolute atomic E-state index is 10.9. The summed E-state index contributed by atoms with van der Waals surface area (Å²) in [6, 6.07) is 0. The monoisotopic (exact) mass is 306 g/mol. The fourth-order valence-electron chi connectivity index (χ4n) is 1.20. The highest BCUT2D eigenvalue weighted by molar-refractivity contribution is 7.96. The molecule has 0 fully saturated rings. The van der Waals surface area contributed by atoms with Gasteiger partial charge in [-0.3, -0.25) is 14.1 Å². The van der Waals surface area contributed by atoms with Gasteiger partial charge in [0.15, 0.2) is 5.25 Å². The lowest BCUT2D eigenvalue weighted by atomic mass is 10.0. The number of hydrogen-bond acceptors (Lipinski definition) is 8. The zero-order valence-corrected chi connectivity index (χ0v) is 10.4. The number of aliphatic carboxylic acids is 2. The fraction of sp³-hybridized carbons (Fsp3) is 0.667. The van der Waals surface area contributed by atoms with Gasteiger partial charge in [-0.2, -0.15) is 8.42 Å². The summed E-state index contributed by atoms with van der Waals surface area (Å²) < 4.78 is 34.3. The van der Waals surface area contributed by atoms with E-state index in [4.69, 9.17) is 20.0 Å². The summed E-state index contributed by atoms with van der Waals surface area (Å²) in [6.07, 6.45) is 0. The van der Waals surface area contributed by atoms with Crippen LogP contribution in [0.1, 0.15) is 6.92 Å². The van der Waals surface area contributed by atoms with Crippen molar-refractivity contribution in [2.75, 3.05) is 0 Å². The predicted octanol–water partition coefficient (Wildman–Crippen LogP) is -0.514. The average Bonchev–Trinajstić information content (AvgIpc) is 2.14. The van der Waals surface area contributed by atoms with E-state index in [2.05, 4.69) is 9.37 Å². The molecule has 0 bridgehead atoms. The van der Waals surface area contributed by atoms with Crippen LogP contribution in [0.2, 0.25) is 0 Å². The molecule has 0 spiro atoms. The quantitative estimate of drug-likeness (QED) is 0.197. The third-order valence-corrected chi connectivity index (χ3v) is 4.19. The number of rotatable bonds is 8. The zero-order valence-electron chi connectivity index (χ0n) is 8.79. The van der Waals surface area contributed by atoms with Crippen LogP contribution in [0.25, 0.3) is 0 Å². The van der Waals surface area contributed by atoms with Crippen LogP contribution in [-0.2, 0) is 29.1 Å². The van der Waals surface area contributed by atoms with Crippen molar-refractivity contribution >= 4 is 34.1 Å². The summed E-state index contributed by atoms with van der Waals surface area (Å²) in [4.78, 5) is 21.5. The molecule has 0 heterocycles. The van der Waals surface area contributed by atoms with E-state index >= 15 is 0 Å². The number of hydrogen-bond donors (Lipinski definition) is 4. The Morgan fingerprint density at radius 2 is 1.72 bits per heavy atom. The molecule has 0 amide bonds. The smallest absolute Gasteiger partial charge is 0.324 e. The SMILES string of the molecule is CC(C(SOOO)C(=O)O)C(C(=O)O)S(=O)(=O)O. The number of carboxylic acids is 2. The van der Waals surface area contributed by atoms with E-state index in [1.807, 2.05) is 0 Å². The van der Waals surface area contributed by atoms with E-state index in [9.17, 15) is 18.0 Å². The maximum Gasteiger partial charge on any atom is 0.324 e. The van der Waals surface area contributed by atoms with Crippen molar-refractivity contribution in [3.63, 3.8) is 0 Å². The second kappa shape index (κ2) is 6.86. The van der Waals surface area contributed by atoms with E-state index in [1.165, 1.54) is 0 Å². The van der Waals surface area contributed by atoms with Gasteiger partial charge in [0.05, 0.1) is 12.0 Å². The zero-order chi connectivity index (χ0) is 14.5. The maximum atomic E-state index is 10.9. The summed E-state index contributed by atoms with van der Waals surface area (Å²) in [7, 11) is -5.00. The Morgan fingerprint density at radius 3 is 2.00 bits per heavy atom. The first-order valence-electron chi connectivity index (χ1n) is 4.18. The standard InChI is InChI=1S/C6H10O10S2/c1-2(3(5(7)8)17-16-15-11)4(6(9)10)18(12,13)14/h2-4,11H,1H3,(H,7,8)(H,9,10)(H,12,13,14). The normalized spacial score (nSPS) is 16.8. The molecule has 0 saturated carbocycles. The van der Waals surface area contributed by atoms with Crippen molar-refractivity contribution in [3.05, 3.63) is 0 Å². The van der Waals surface area contributed by atoms with E-state index in [-0.39, 0.29) is 12.0 Å². The van der Waals surface area contributed by atoms with Crippen molar-refractivity contribution in [1.29, 1.82) is 0 Å². The van der Waals surface area contributed by atoms with Crippen molar-refractivity contribution in [3.8, 4) is 0 Å². The lowest BCUT2D eigenvalue weighted by Gasteiger charge is -2.21. The van der Waals surface area contributed by atoms with Gasteiger partial charge in [0.2, 0.25) is 0 Å². The molecule has 3 unspecified atom stereocenters. The molecule has 4 N–H and O–H groups in total. The molecule has 10 nitrogen and oxygen atoms in total. The Morgan fingerprint density at radius 1 is 1.22 bits per heavy atom. The Balaban J connectivity index is 5.20. The highest BCUT2D eigenvalue weighted by Crippen LogP contribution is 2.27. The molecule has 0 aromatic rings. The van der Waals surface area contributed by atoms with E-state index in [1.54, 1.807) is 0 Å². The minimum Gasteiger partial charge on any atom is -0.480 e. The molecular formula is C6H10O10S2. The first-order valence-corrected chi connectivity index (χ1v) is 6.49. The predicted molar refractivity (Wildman–Crippen MR) is 56.0 cm³/mol. The van der Waals surface area contributed by atoms with Crippen molar-refractivity contribution in [1.82, 2.24) is 0 Å². The summed E-state index contributed by atoms with van der Waals surface area (Å²) in [6.45, 7) is 0.971. The van der Waals surface area contributed by atoms with Crippen LogP contribution in [0, 0.1) is 5.92 Å². The molecule has 18 heavy (non-hydrogen) atoms. The van der Waals surface area contributed by atoms with Crippen LogP contribution in [0.4, 0.5) is 0 Å². The van der Waals surface area contributed by atoms with Gasteiger partial charge in [-0.25, -0.2) is 5.26 Å². The lowest BCUT2D eigenvalue weighted by molar-refractivity contribution is -0.432. The second-order valence-electron chi connectivity index (χ2n) is 3.13. The topological polar surface area (TPSA) is 168 Å². The minimum absolute atomic E-state index is 0.0111. The molecule has 0 aliphatic heterocycles. The molecule has 106 valence electrons. The summed E-state index contributed by atoms with van der Waals surface area (Å²) in [5.74, 6) is -5.09.